The Balaban J connectivity index is 1.49. The predicted octanol–water partition coefficient (Wildman–Crippen LogP) is 1.67. The van der Waals surface area contributed by atoms with Crippen LogP contribution in [0.15, 0.2) is 29.2 Å². The molecule has 3 N–H and O–H groups in total. The van der Waals surface area contributed by atoms with E-state index in [9.17, 15) is 18.0 Å². The van der Waals surface area contributed by atoms with Gasteiger partial charge >= 0.3 is 0 Å². The molecule has 0 radical (unpaired) electrons. The van der Waals surface area contributed by atoms with Gasteiger partial charge in [0.05, 0.1) is 10.8 Å². The highest BCUT2D eigenvalue weighted by Crippen LogP contribution is 2.35. The number of primary sulfonamides is 1. The zero-order valence-electron chi connectivity index (χ0n) is 17.1. The third kappa shape index (κ3) is 5.17. The average Bonchev–Trinajstić information content (AvgIpc) is 3.05. The zero-order valence-corrected chi connectivity index (χ0v) is 18.0. The average molecular weight is 422 g/mol. The first kappa shape index (κ1) is 21.8. The zero-order chi connectivity index (χ0) is 21.2. The maximum atomic E-state index is 12.6. The Morgan fingerprint density at radius 3 is 2.55 bits per heavy atom. The highest BCUT2D eigenvalue weighted by atomic mass is 32.2. The summed E-state index contributed by atoms with van der Waals surface area (Å²) in [6.07, 6.45) is 4.24. The van der Waals surface area contributed by atoms with Gasteiger partial charge < -0.3 is 10.2 Å². The Hall–Kier alpha value is -1.93. The fraction of sp³-hybridized carbons (Fsp3) is 0.619. The van der Waals surface area contributed by atoms with Crippen molar-refractivity contribution in [2.75, 3.05) is 13.1 Å². The van der Waals surface area contributed by atoms with E-state index in [1.54, 1.807) is 12.1 Å². The van der Waals surface area contributed by atoms with Crippen molar-refractivity contribution in [2.24, 2.45) is 22.9 Å². The Morgan fingerprint density at radius 1 is 1.21 bits per heavy atom. The molecule has 4 atom stereocenters. The van der Waals surface area contributed by atoms with Gasteiger partial charge in [0.2, 0.25) is 21.8 Å². The lowest BCUT2D eigenvalue weighted by Gasteiger charge is -2.40. The normalized spacial score (nSPS) is 27.8. The molecule has 0 bridgehead atoms. The van der Waals surface area contributed by atoms with Gasteiger partial charge in [0.25, 0.3) is 0 Å². The molecule has 2 amide bonds. The number of nitrogens with zero attached hydrogens (tertiary/aromatic N) is 1. The Labute approximate surface area is 173 Å². The second-order valence-electron chi connectivity index (χ2n) is 8.51. The number of nitrogens with two attached hydrogens (primary N) is 1. The summed E-state index contributed by atoms with van der Waals surface area (Å²) < 4.78 is 22.6. The Morgan fingerprint density at radius 2 is 1.90 bits per heavy atom. The first-order valence-electron chi connectivity index (χ1n) is 10.4. The minimum atomic E-state index is -3.70. The van der Waals surface area contributed by atoms with Gasteiger partial charge in [0, 0.05) is 25.6 Å². The standard InChI is InChI=1S/C21H31N3O4S/c1-14-4-3-5-19(15(14)2)24-13-17(12-20(24)25)21(26)23-11-10-16-6-8-18(9-7-16)29(22,27)28/h6-9,14-15,17,19H,3-5,10-13H2,1-2H3,(H,23,26)(H2,22,27,28)/t14-,15+,17+,19+/m1/s1. The van der Waals surface area contributed by atoms with Gasteiger partial charge in [-0.05, 0) is 42.4 Å². The van der Waals surface area contributed by atoms with Crippen LogP contribution in [0.3, 0.4) is 0 Å². The van der Waals surface area contributed by atoms with Crippen LogP contribution in [0.1, 0.15) is 45.1 Å². The molecule has 1 saturated heterocycles. The summed E-state index contributed by atoms with van der Waals surface area (Å²) in [6, 6.07) is 6.57. The number of nitrogens with one attached hydrogen (secondary N) is 1. The lowest BCUT2D eigenvalue weighted by Crippen LogP contribution is -2.45. The van der Waals surface area contributed by atoms with Gasteiger partial charge in [-0.2, -0.15) is 0 Å². The molecule has 29 heavy (non-hydrogen) atoms. The summed E-state index contributed by atoms with van der Waals surface area (Å²) in [5, 5.41) is 8.01. The SMILES string of the molecule is C[C@H]1[C@H](C)CCC[C@@H]1N1C[C@@H](C(=O)NCCc2ccc(S(N)(=O)=O)cc2)CC1=O. The maximum absolute atomic E-state index is 12.6. The van der Waals surface area contributed by atoms with E-state index in [-0.39, 0.29) is 35.1 Å². The smallest absolute Gasteiger partial charge is 0.238 e. The summed E-state index contributed by atoms with van der Waals surface area (Å²) in [5.41, 5.74) is 0.909. The number of carbonyl (C=O) groups is 2. The molecular formula is C21H31N3O4S. The summed E-state index contributed by atoms with van der Waals surface area (Å²) in [4.78, 5) is 27.1. The molecule has 1 aliphatic heterocycles. The van der Waals surface area contributed by atoms with E-state index in [0.717, 1.165) is 18.4 Å². The molecule has 0 unspecified atom stereocenters. The lowest BCUT2D eigenvalue weighted by atomic mass is 9.77. The second kappa shape index (κ2) is 8.83. The van der Waals surface area contributed by atoms with Gasteiger partial charge in [0.1, 0.15) is 0 Å². The van der Waals surface area contributed by atoms with Crippen molar-refractivity contribution in [3.8, 4) is 0 Å². The molecule has 1 heterocycles. The molecule has 1 aliphatic carbocycles. The first-order valence-corrected chi connectivity index (χ1v) is 11.9. The minimum absolute atomic E-state index is 0.0705. The molecule has 2 fully saturated rings. The van der Waals surface area contributed by atoms with Crippen LogP contribution in [0.2, 0.25) is 0 Å². The lowest BCUT2D eigenvalue weighted by molar-refractivity contribution is -0.132. The predicted molar refractivity (Wildman–Crippen MR) is 110 cm³/mol. The minimum Gasteiger partial charge on any atom is -0.355 e. The molecule has 160 valence electrons. The Bertz CT molecular complexity index is 853. The van der Waals surface area contributed by atoms with Gasteiger partial charge in [-0.1, -0.05) is 38.8 Å². The number of likely N-dealkylation sites (tertiary alicyclic amines) is 1. The summed E-state index contributed by atoms with van der Waals surface area (Å²) in [6.45, 7) is 5.41. The van der Waals surface area contributed by atoms with Crippen LogP contribution < -0.4 is 10.5 Å². The van der Waals surface area contributed by atoms with E-state index in [4.69, 9.17) is 5.14 Å². The number of rotatable bonds is 6. The fourth-order valence-corrected chi connectivity index (χ4v) is 5.06. The van der Waals surface area contributed by atoms with E-state index >= 15 is 0 Å². The Kier molecular flexibility index (Phi) is 6.63. The van der Waals surface area contributed by atoms with Crippen LogP contribution in [0, 0.1) is 17.8 Å². The largest absolute Gasteiger partial charge is 0.355 e. The summed E-state index contributed by atoms with van der Waals surface area (Å²) in [5.74, 6) is 0.787. The molecule has 3 rings (SSSR count). The van der Waals surface area contributed by atoms with Crippen LogP contribution in [0.25, 0.3) is 0 Å². The van der Waals surface area contributed by atoms with Crippen LogP contribution >= 0.6 is 0 Å². The van der Waals surface area contributed by atoms with Crippen molar-refractivity contribution in [2.45, 2.75) is 56.9 Å². The first-order chi connectivity index (χ1) is 13.7. The molecule has 1 aromatic carbocycles. The highest BCUT2D eigenvalue weighted by Gasteiger charge is 2.41. The van der Waals surface area contributed by atoms with Gasteiger partial charge in [-0.3, -0.25) is 9.59 Å². The molecule has 2 aliphatic rings. The molecule has 7 nitrogen and oxygen atoms in total. The number of hydrogen-bond donors (Lipinski definition) is 2. The second-order valence-corrected chi connectivity index (χ2v) is 10.1. The third-order valence-electron chi connectivity index (χ3n) is 6.56. The van der Waals surface area contributed by atoms with Crippen molar-refractivity contribution in [1.29, 1.82) is 0 Å². The van der Waals surface area contributed by atoms with E-state index in [1.807, 2.05) is 4.90 Å². The van der Waals surface area contributed by atoms with Gasteiger partial charge in [0.15, 0.2) is 0 Å². The van der Waals surface area contributed by atoms with E-state index < -0.39 is 10.0 Å². The van der Waals surface area contributed by atoms with Crippen molar-refractivity contribution < 1.29 is 18.0 Å². The topological polar surface area (TPSA) is 110 Å². The van der Waals surface area contributed by atoms with Crippen molar-refractivity contribution >= 4 is 21.8 Å². The van der Waals surface area contributed by atoms with Crippen LogP contribution in [0.5, 0.6) is 0 Å². The number of amides is 2. The monoisotopic (exact) mass is 421 g/mol. The molecule has 8 heteroatoms. The summed E-state index contributed by atoms with van der Waals surface area (Å²) in [7, 11) is -3.70. The summed E-state index contributed by atoms with van der Waals surface area (Å²) >= 11 is 0. The molecule has 0 spiro atoms. The molecule has 1 aromatic rings. The molecular weight excluding hydrogens is 390 g/mol. The maximum Gasteiger partial charge on any atom is 0.238 e. The third-order valence-corrected chi connectivity index (χ3v) is 7.49. The number of hydrogen-bond acceptors (Lipinski definition) is 4. The van der Waals surface area contributed by atoms with Crippen LogP contribution in [0.4, 0.5) is 0 Å². The number of carbonyl (C=O) groups excluding carboxylic acids is 2. The van der Waals surface area contributed by atoms with Crippen LogP contribution in [-0.4, -0.2) is 44.3 Å². The molecule has 0 aromatic heterocycles. The van der Waals surface area contributed by atoms with Crippen LogP contribution in [-0.2, 0) is 26.0 Å². The van der Waals surface area contributed by atoms with Crippen molar-refractivity contribution in [3.63, 3.8) is 0 Å². The number of sulfonamides is 1. The number of benzene rings is 1. The van der Waals surface area contributed by atoms with Crippen molar-refractivity contribution in [1.82, 2.24) is 10.2 Å². The quantitative estimate of drug-likeness (QED) is 0.728. The van der Waals surface area contributed by atoms with Crippen molar-refractivity contribution in [3.05, 3.63) is 29.8 Å². The van der Waals surface area contributed by atoms with E-state index in [0.29, 0.717) is 31.3 Å². The molecule has 1 saturated carbocycles. The van der Waals surface area contributed by atoms with E-state index in [1.165, 1.54) is 18.6 Å². The highest BCUT2D eigenvalue weighted by molar-refractivity contribution is 7.89. The van der Waals surface area contributed by atoms with Gasteiger partial charge in [-0.25, -0.2) is 13.6 Å². The fourth-order valence-electron chi connectivity index (χ4n) is 4.54. The van der Waals surface area contributed by atoms with E-state index in [2.05, 4.69) is 19.2 Å². The van der Waals surface area contributed by atoms with Gasteiger partial charge in [-0.15, -0.1) is 0 Å².